The maximum absolute atomic E-state index is 12.6. The lowest BCUT2D eigenvalue weighted by atomic mass is 10.1. The number of ether oxygens (including phenoxy) is 2. The minimum atomic E-state index is -0.496. The molecule has 0 fully saturated rings. The van der Waals surface area contributed by atoms with E-state index in [2.05, 4.69) is 24.0 Å². The van der Waals surface area contributed by atoms with E-state index in [1.54, 1.807) is 19.1 Å². The molecule has 0 N–H and O–H groups in total. The molecule has 1 heterocycles. The molecule has 0 bridgehead atoms. The second kappa shape index (κ2) is 8.02. The highest BCUT2D eigenvalue weighted by molar-refractivity contribution is 7.17. The van der Waals surface area contributed by atoms with Gasteiger partial charge in [-0.05, 0) is 31.0 Å². The van der Waals surface area contributed by atoms with Gasteiger partial charge < -0.3 is 9.47 Å². The van der Waals surface area contributed by atoms with Gasteiger partial charge in [-0.2, -0.15) is 5.26 Å². The molecule has 0 aliphatic carbocycles. The van der Waals surface area contributed by atoms with Crippen LogP contribution in [0.3, 0.4) is 0 Å². The molecule has 6 heteroatoms. The maximum Gasteiger partial charge on any atom is 0.355 e. The molecule has 136 valence electrons. The van der Waals surface area contributed by atoms with Gasteiger partial charge in [0.05, 0.1) is 24.4 Å². The highest BCUT2D eigenvalue weighted by atomic mass is 32.1. The van der Waals surface area contributed by atoms with Crippen molar-refractivity contribution < 1.29 is 14.3 Å². The summed E-state index contributed by atoms with van der Waals surface area (Å²) in [4.78, 5) is 17.6. The Morgan fingerprint density at radius 2 is 1.93 bits per heavy atom. The molecule has 2 aromatic carbocycles. The van der Waals surface area contributed by atoms with Gasteiger partial charge >= 0.3 is 5.97 Å². The first-order valence-corrected chi connectivity index (χ1v) is 9.24. The third kappa shape index (κ3) is 3.99. The zero-order valence-electron chi connectivity index (χ0n) is 15.3. The van der Waals surface area contributed by atoms with Gasteiger partial charge in [-0.15, -0.1) is 11.3 Å². The highest BCUT2D eigenvalue weighted by Crippen LogP contribution is 2.32. The first-order valence-electron chi connectivity index (χ1n) is 8.42. The molecule has 0 atom stereocenters. The van der Waals surface area contributed by atoms with Crippen LogP contribution in [0.25, 0.3) is 10.6 Å². The summed E-state index contributed by atoms with van der Waals surface area (Å²) >= 11 is 1.30. The van der Waals surface area contributed by atoms with E-state index in [1.165, 1.54) is 30.1 Å². The third-order valence-electron chi connectivity index (χ3n) is 4.09. The van der Waals surface area contributed by atoms with E-state index in [4.69, 9.17) is 14.7 Å². The number of hydrogen-bond acceptors (Lipinski definition) is 6. The molecule has 0 amide bonds. The quantitative estimate of drug-likeness (QED) is 0.472. The summed E-state index contributed by atoms with van der Waals surface area (Å²) < 4.78 is 10.7. The molecule has 0 aliphatic rings. The fraction of sp³-hybridized carbons (Fsp3) is 0.190. The number of hydrogen-bond donors (Lipinski definition) is 0. The predicted molar refractivity (Wildman–Crippen MR) is 104 cm³/mol. The molecule has 0 saturated heterocycles. The van der Waals surface area contributed by atoms with Crippen LogP contribution in [0, 0.1) is 18.3 Å². The Hall–Kier alpha value is -3.17. The second-order valence-corrected chi connectivity index (χ2v) is 6.85. The number of aromatic nitrogens is 1. The predicted octanol–water partition coefficient (Wildman–Crippen LogP) is 4.78. The number of thiazole rings is 1. The zero-order valence-corrected chi connectivity index (χ0v) is 16.1. The monoisotopic (exact) mass is 378 g/mol. The van der Waals surface area contributed by atoms with E-state index in [9.17, 15) is 4.79 Å². The summed E-state index contributed by atoms with van der Waals surface area (Å²) in [6, 6.07) is 14.8. The van der Waals surface area contributed by atoms with Gasteiger partial charge in [0.2, 0.25) is 0 Å². The van der Waals surface area contributed by atoms with E-state index >= 15 is 0 Å². The minimum Gasteiger partial charge on any atom is -0.493 e. The van der Waals surface area contributed by atoms with Gasteiger partial charge in [0.25, 0.3) is 0 Å². The number of nitriles is 1. The van der Waals surface area contributed by atoms with E-state index in [0.29, 0.717) is 21.9 Å². The summed E-state index contributed by atoms with van der Waals surface area (Å²) in [5.41, 5.74) is 3.26. The largest absolute Gasteiger partial charge is 0.493 e. The Morgan fingerprint density at radius 3 is 2.56 bits per heavy atom. The van der Waals surface area contributed by atoms with Crippen molar-refractivity contribution in [3.8, 4) is 28.1 Å². The number of carbonyl (C=O) groups is 1. The van der Waals surface area contributed by atoms with Crippen molar-refractivity contribution in [3.05, 3.63) is 64.2 Å². The summed E-state index contributed by atoms with van der Waals surface area (Å²) in [7, 11) is 1.46. The number of aryl methyl sites for hydroxylation is 2. The molecular formula is C21H18N2O3S. The van der Waals surface area contributed by atoms with Crippen molar-refractivity contribution in [2.24, 2.45) is 0 Å². The molecule has 1 aromatic heterocycles. The molecule has 0 aliphatic heterocycles. The van der Waals surface area contributed by atoms with Crippen LogP contribution in [0.4, 0.5) is 0 Å². The summed E-state index contributed by atoms with van der Waals surface area (Å²) in [6.07, 6.45) is 0.973. The van der Waals surface area contributed by atoms with E-state index in [1.807, 2.05) is 18.2 Å². The standard InChI is InChI=1S/C21H18N2O3S/c1-4-14-5-8-16(9-6-14)20-23-13(2)19(27-20)21(24)26-17-10-7-15(12-22)11-18(17)25-3/h5-11H,4H2,1-3H3. The number of carbonyl (C=O) groups excluding carboxylic acids is 1. The number of benzene rings is 2. The summed E-state index contributed by atoms with van der Waals surface area (Å²) in [6.45, 7) is 3.89. The fourth-order valence-electron chi connectivity index (χ4n) is 2.56. The Kier molecular flexibility index (Phi) is 5.53. The minimum absolute atomic E-state index is 0.267. The molecule has 0 saturated carbocycles. The van der Waals surface area contributed by atoms with Crippen LogP contribution >= 0.6 is 11.3 Å². The molecule has 0 spiro atoms. The van der Waals surface area contributed by atoms with Crippen LogP contribution in [0.15, 0.2) is 42.5 Å². The molecule has 5 nitrogen and oxygen atoms in total. The van der Waals surface area contributed by atoms with E-state index < -0.39 is 5.97 Å². The molecule has 0 radical (unpaired) electrons. The normalized spacial score (nSPS) is 10.3. The van der Waals surface area contributed by atoms with Gasteiger partial charge in [-0.1, -0.05) is 31.2 Å². The number of nitrogens with zero attached hydrogens (tertiary/aromatic N) is 2. The Morgan fingerprint density at radius 1 is 1.19 bits per heavy atom. The Balaban J connectivity index is 1.85. The van der Waals surface area contributed by atoms with E-state index in [0.717, 1.165) is 17.0 Å². The van der Waals surface area contributed by atoms with Crippen molar-refractivity contribution in [3.63, 3.8) is 0 Å². The zero-order chi connectivity index (χ0) is 19.4. The first kappa shape index (κ1) is 18.6. The van der Waals surface area contributed by atoms with Gasteiger partial charge in [-0.3, -0.25) is 0 Å². The number of rotatable bonds is 5. The maximum atomic E-state index is 12.6. The lowest BCUT2D eigenvalue weighted by Crippen LogP contribution is -2.09. The lowest BCUT2D eigenvalue weighted by Gasteiger charge is -2.08. The van der Waals surface area contributed by atoms with Gasteiger partial charge in [0.1, 0.15) is 9.88 Å². The fourth-order valence-corrected chi connectivity index (χ4v) is 3.51. The van der Waals surface area contributed by atoms with Crippen LogP contribution in [0.2, 0.25) is 0 Å². The van der Waals surface area contributed by atoms with Crippen LogP contribution in [0.1, 0.15) is 33.4 Å². The lowest BCUT2D eigenvalue weighted by molar-refractivity contribution is 0.0734. The number of esters is 1. The second-order valence-electron chi connectivity index (χ2n) is 5.85. The van der Waals surface area contributed by atoms with Crippen LogP contribution in [-0.2, 0) is 6.42 Å². The highest BCUT2D eigenvalue weighted by Gasteiger charge is 2.20. The molecule has 3 aromatic rings. The molecular weight excluding hydrogens is 360 g/mol. The van der Waals surface area contributed by atoms with Crippen molar-refractivity contribution >= 4 is 17.3 Å². The summed E-state index contributed by atoms with van der Waals surface area (Å²) in [5.74, 6) is 0.104. The molecule has 0 unspecified atom stereocenters. The van der Waals surface area contributed by atoms with Gasteiger partial charge in [0, 0.05) is 11.6 Å². The van der Waals surface area contributed by atoms with Crippen molar-refractivity contribution in [2.75, 3.05) is 7.11 Å². The third-order valence-corrected chi connectivity index (χ3v) is 5.27. The number of methoxy groups -OCH3 is 1. The van der Waals surface area contributed by atoms with Crippen molar-refractivity contribution in [1.29, 1.82) is 5.26 Å². The van der Waals surface area contributed by atoms with Crippen LogP contribution in [-0.4, -0.2) is 18.1 Å². The SMILES string of the molecule is CCc1ccc(-c2nc(C)c(C(=O)Oc3ccc(C#N)cc3OC)s2)cc1. The van der Waals surface area contributed by atoms with Crippen molar-refractivity contribution in [1.82, 2.24) is 4.98 Å². The van der Waals surface area contributed by atoms with Crippen molar-refractivity contribution in [2.45, 2.75) is 20.3 Å². The summed E-state index contributed by atoms with van der Waals surface area (Å²) in [5, 5.41) is 9.74. The van der Waals surface area contributed by atoms with Crippen LogP contribution in [0.5, 0.6) is 11.5 Å². The van der Waals surface area contributed by atoms with Crippen LogP contribution < -0.4 is 9.47 Å². The van der Waals surface area contributed by atoms with E-state index in [-0.39, 0.29) is 5.75 Å². The van der Waals surface area contributed by atoms with Gasteiger partial charge in [-0.25, -0.2) is 9.78 Å². The molecule has 27 heavy (non-hydrogen) atoms. The average Bonchev–Trinajstić information content (AvgIpc) is 3.10. The topological polar surface area (TPSA) is 72.2 Å². The Bertz CT molecular complexity index is 1020. The first-order chi connectivity index (χ1) is 13.0. The smallest absolute Gasteiger partial charge is 0.355 e. The average molecular weight is 378 g/mol. The molecule has 3 rings (SSSR count). The van der Waals surface area contributed by atoms with Gasteiger partial charge in [0.15, 0.2) is 11.5 Å². The Labute approximate surface area is 161 Å².